The van der Waals surface area contributed by atoms with E-state index in [2.05, 4.69) is 35.1 Å². The van der Waals surface area contributed by atoms with Crippen molar-refractivity contribution >= 4 is 29.6 Å². The zero-order valence-corrected chi connectivity index (χ0v) is 73.4. The van der Waals surface area contributed by atoms with Crippen molar-refractivity contribution in [1.82, 2.24) is 21.3 Å². The van der Waals surface area contributed by atoms with E-state index >= 15 is 0 Å². The molecule has 0 aromatic rings. The summed E-state index contributed by atoms with van der Waals surface area (Å²) in [5, 5.41) is 224. The highest BCUT2D eigenvalue weighted by atomic mass is 16.8. The van der Waals surface area contributed by atoms with Gasteiger partial charge in [-0.05, 0) is 19.3 Å². The molecule has 125 heavy (non-hydrogen) atoms. The van der Waals surface area contributed by atoms with Gasteiger partial charge in [0, 0.05) is 33.6 Å². The Morgan fingerprint density at radius 1 is 0.416 bits per heavy atom. The Morgan fingerprint density at radius 3 is 1.26 bits per heavy atom. The first kappa shape index (κ1) is 110. The molecule has 0 radical (unpaired) electrons. The van der Waals surface area contributed by atoms with Gasteiger partial charge in [-0.3, -0.25) is 19.2 Å². The third kappa shape index (κ3) is 33.8. The summed E-state index contributed by atoms with van der Waals surface area (Å²) in [4.78, 5) is 65.6. The van der Waals surface area contributed by atoms with Crippen LogP contribution in [0.1, 0.15) is 247 Å². The smallest absolute Gasteiger partial charge is 0.364 e. The Labute approximate surface area is 732 Å². The summed E-state index contributed by atoms with van der Waals surface area (Å²) in [6.07, 6.45) is -19.7. The van der Waals surface area contributed by atoms with E-state index in [9.17, 15) is 121 Å². The summed E-state index contributed by atoms with van der Waals surface area (Å²) in [6, 6.07) is -6.67. The summed E-state index contributed by atoms with van der Waals surface area (Å²) in [7, 11) is 0. The number of hydrogen-bond donors (Lipinski definition) is 23. The largest absolute Gasteiger partial charge is 0.477 e. The minimum absolute atomic E-state index is 0.153. The van der Waals surface area contributed by atoms with Crippen molar-refractivity contribution in [3.63, 3.8) is 0 Å². The summed E-state index contributed by atoms with van der Waals surface area (Å²) in [6.45, 7) is 0.110. The molecule has 4 amide bonds. The number of ether oxygens (including phenoxy) is 12. The van der Waals surface area contributed by atoms with Gasteiger partial charge < -0.3 is 175 Å². The molecule has 6 rings (SSSR count). The van der Waals surface area contributed by atoms with Crippen LogP contribution in [0.15, 0.2) is 12.2 Å². The number of amides is 4. The topological polar surface area (TPSA) is 629 Å². The first-order chi connectivity index (χ1) is 59.9. The number of rotatable bonds is 60. The highest BCUT2D eigenvalue weighted by molar-refractivity contribution is 5.77. The van der Waals surface area contributed by atoms with Crippen molar-refractivity contribution in [2.75, 3.05) is 46.2 Å². The van der Waals surface area contributed by atoms with Crippen LogP contribution in [0.3, 0.4) is 0 Å². The third-order valence-electron chi connectivity index (χ3n) is 24.1. The normalized spacial score (nSPS) is 35.0. The second-order valence-corrected chi connectivity index (χ2v) is 34.2. The molecule has 6 aliphatic rings. The Balaban J connectivity index is 1.16. The van der Waals surface area contributed by atoms with Crippen LogP contribution in [-0.2, 0) is 80.8 Å². The van der Waals surface area contributed by atoms with Crippen molar-refractivity contribution < 1.29 is 178 Å². The molecular weight excluding hydrogens is 1650 g/mol. The molecule has 23 N–H and O–H groups in total. The average Bonchev–Trinajstić information content (AvgIpc) is 0.746. The number of carboxylic acids is 1. The summed E-state index contributed by atoms with van der Waals surface area (Å²) >= 11 is 0. The Bertz CT molecular complexity index is 3040. The second kappa shape index (κ2) is 58.0. The third-order valence-corrected chi connectivity index (χ3v) is 24.1. The van der Waals surface area contributed by atoms with Crippen LogP contribution >= 0.6 is 0 Å². The van der Waals surface area contributed by atoms with Gasteiger partial charge in [0.25, 0.3) is 5.79 Å². The maximum absolute atomic E-state index is 13.7. The number of carbonyl (C=O) groups is 5. The first-order valence-corrected chi connectivity index (χ1v) is 45.6. The van der Waals surface area contributed by atoms with E-state index in [0.29, 0.717) is 12.8 Å². The van der Waals surface area contributed by atoms with Crippen LogP contribution in [0.4, 0.5) is 0 Å². The molecule has 6 aliphatic heterocycles. The lowest BCUT2D eigenvalue weighted by Crippen LogP contribution is -2.72. The molecule has 6 saturated heterocycles. The van der Waals surface area contributed by atoms with E-state index < -0.39 is 278 Å². The van der Waals surface area contributed by atoms with Gasteiger partial charge in [0.2, 0.25) is 23.6 Å². The van der Waals surface area contributed by atoms with Crippen LogP contribution in [0.2, 0.25) is 0 Å². The molecule has 0 aromatic carbocycles. The van der Waals surface area contributed by atoms with E-state index in [1.54, 1.807) is 6.08 Å². The highest BCUT2D eigenvalue weighted by Gasteiger charge is 2.63. The Kier molecular flexibility index (Phi) is 50.9. The van der Waals surface area contributed by atoms with Crippen LogP contribution < -0.4 is 21.3 Å². The van der Waals surface area contributed by atoms with Crippen LogP contribution in [-0.4, -0.2) is 375 Å². The van der Waals surface area contributed by atoms with E-state index in [-0.39, 0.29) is 12.3 Å². The fourth-order valence-electron chi connectivity index (χ4n) is 16.9. The van der Waals surface area contributed by atoms with E-state index in [0.717, 1.165) is 72.1 Å². The van der Waals surface area contributed by atoms with Gasteiger partial charge in [-0.15, -0.1) is 0 Å². The van der Waals surface area contributed by atoms with E-state index in [1.807, 2.05) is 6.08 Å². The Hall–Kier alpha value is -4.11. The number of nitrogens with one attached hydrogen (secondary N) is 4. The van der Waals surface area contributed by atoms with Crippen molar-refractivity contribution in [3.8, 4) is 0 Å². The molecule has 12 unspecified atom stereocenters. The second-order valence-electron chi connectivity index (χ2n) is 34.2. The standard InChI is InChI=1S/C85H152N4O36/c1-6-8-10-12-14-16-18-20-21-22-23-24-25-27-29-31-33-35-37-39-60(102)89-51(52(99)38-36-34-32-30-28-26-19-17-15-13-11-9-7-2)47-114-81-70(109)69(108)74(58(45-94)118-81)121-82-71(110)77(66(105)56(43-92)116-82)123-80-63(88-50(5)98)68(107)73(57(44-93)117-80)120-83-72(111)78(75(59(46-95)119-83)122-79-62(87-49(4)97)67(106)65(104)55(42-91)115-79)125-85(84(112)113)40-53(100)61(86-48(3)96)76(124-85)64(103)54(101)41-90/h36,38,51-59,61-83,90-95,99-101,103-111H,6-35,37,39-47H2,1-5H3,(H,86,96)(H,87,97)(H,88,98)(H,89,102)(H,112,113)/b38-36+/t51-,52+,53?,54+,55?,56?,57?,58?,59?,61+,62?,63?,64+,65-,66-,67+,68+,69+,70?,71?,72?,73+,74+,75-,76?,77-,78+,79-,80-,81+,82-,83-,85-/m0/s1. The van der Waals surface area contributed by atoms with Gasteiger partial charge in [-0.2, -0.15) is 0 Å². The number of allylic oxidation sites excluding steroid dienone is 1. The number of aliphatic hydroxyl groups is 18. The fourth-order valence-corrected chi connectivity index (χ4v) is 16.9. The molecule has 6 fully saturated rings. The molecule has 728 valence electrons. The van der Waals surface area contributed by atoms with Gasteiger partial charge in [0.1, 0.15) is 140 Å². The number of carboxylic acid groups (broad SMARTS) is 1. The zero-order valence-electron chi connectivity index (χ0n) is 73.4. The molecule has 40 nitrogen and oxygen atoms in total. The Morgan fingerprint density at radius 2 is 0.800 bits per heavy atom. The number of unbranched alkanes of at least 4 members (excludes halogenated alkanes) is 29. The van der Waals surface area contributed by atoms with Crippen LogP contribution in [0.5, 0.6) is 0 Å². The molecule has 40 heteroatoms. The molecule has 0 bridgehead atoms. The van der Waals surface area contributed by atoms with Crippen molar-refractivity contribution in [2.45, 2.75) is 448 Å². The summed E-state index contributed by atoms with van der Waals surface area (Å²) < 4.78 is 72.2. The van der Waals surface area contributed by atoms with Gasteiger partial charge >= 0.3 is 5.97 Å². The van der Waals surface area contributed by atoms with Crippen molar-refractivity contribution in [2.24, 2.45) is 0 Å². The molecular formula is C85H152N4O36. The van der Waals surface area contributed by atoms with Crippen LogP contribution in [0.25, 0.3) is 0 Å². The SMILES string of the molecule is CCCCCCCCCCCCC/C=C/[C@@H](O)[C@H](CO[C@@H]1OC(CO)[C@@H](O[C@@H]2OC(CO)[C@H](O)[C@H](O[C@@H]3OC(CO)[C@@H](O[C@@H]4OC(CO)[C@H](O[C@@H]5OC(CO)[C@H](O)[C@H](O)C5NC(C)=O)[C@H](O[C@]5(C(=O)O)CC(O)[C@@H](NC(C)=O)C([C@H](O)[C@H](O)CO)O5)C4O)[C@H](O)C3NC(C)=O)C2O)[C@H](O)C1O)NC(=O)CCCCCCCCCCCCCCCCCCCCC. The number of aliphatic hydroxyl groups excluding tert-OH is 18. The van der Waals surface area contributed by atoms with E-state index in [1.165, 1.54) is 135 Å². The number of aliphatic carboxylic acids is 1. The molecule has 0 aromatic heterocycles. The van der Waals surface area contributed by atoms with Crippen LogP contribution in [0, 0.1) is 0 Å². The maximum atomic E-state index is 13.7. The first-order valence-electron chi connectivity index (χ1n) is 45.6. The zero-order chi connectivity index (χ0) is 91.9. The number of hydrogen-bond acceptors (Lipinski definition) is 35. The lowest BCUT2D eigenvalue weighted by molar-refractivity contribution is -0.401. The molecule has 0 saturated carbocycles. The number of carbonyl (C=O) groups excluding carboxylic acids is 4. The summed E-state index contributed by atoms with van der Waals surface area (Å²) in [5.41, 5.74) is 0. The quantitative estimate of drug-likeness (QED) is 0.0243. The van der Waals surface area contributed by atoms with Crippen molar-refractivity contribution in [3.05, 3.63) is 12.2 Å². The van der Waals surface area contributed by atoms with Crippen molar-refractivity contribution in [1.29, 1.82) is 0 Å². The maximum Gasteiger partial charge on any atom is 0.364 e. The van der Waals surface area contributed by atoms with E-state index in [4.69, 9.17) is 56.8 Å². The van der Waals surface area contributed by atoms with Gasteiger partial charge in [0.05, 0.1) is 70.5 Å². The monoisotopic (exact) mass is 1810 g/mol. The lowest BCUT2D eigenvalue weighted by atomic mass is 9.88. The molecule has 33 atom stereocenters. The molecule has 0 spiro atoms. The van der Waals surface area contributed by atoms with Gasteiger partial charge in [-0.1, -0.05) is 206 Å². The lowest BCUT2D eigenvalue weighted by Gasteiger charge is -2.52. The predicted molar refractivity (Wildman–Crippen MR) is 441 cm³/mol. The molecule has 0 aliphatic carbocycles. The highest BCUT2D eigenvalue weighted by Crippen LogP contribution is 2.42. The average molecular weight is 1810 g/mol. The van der Waals surface area contributed by atoms with Gasteiger partial charge in [-0.25, -0.2) is 4.79 Å². The summed E-state index contributed by atoms with van der Waals surface area (Å²) in [5.74, 6) is -8.64. The fraction of sp³-hybridized carbons (Fsp3) is 0.918. The predicted octanol–water partition coefficient (Wildman–Crippen LogP) is -1.51. The minimum atomic E-state index is -3.39. The minimum Gasteiger partial charge on any atom is -0.477 e. The molecule has 6 heterocycles. The van der Waals surface area contributed by atoms with Gasteiger partial charge in [0.15, 0.2) is 31.5 Å².